The molecule has 0 radical (unpaired) electrons. The lowest BCUT2D eigenvalue weighted by molar-refractivity contribution is -0.142. The van der Waals surface area contributed by atoms with Crippen LogP contribution in [0.4, 0.5) is 0 Å². The summed E-state index contributed by atoms with van der Waals surface area (Å²) in [4.78, 5) is 52.2. The van der Waals surface area contributed by atoms with Crippen LogP contribution in [0.2, 0.25) is 0 Å². The van der Waals surface area contributed by atoms with Gasteiger partial charge >= 0.3 is 5.97 Å². The number of carbonyl (C=O) groups is 4. The summed E-state index contributed by atoms with van der Waals surface area (Å²) in [6, 6.07) is -4.71. The van der Waals surface area contributed by atoms with Crippen molar-refractivity contribution in [2.75, 3.05) is 25.4 Å². The van der Waals surface area contributed by atoms with Gasteiger partial charge in [-0.05, 0) is 38.6 Å². The van der Waals surface area contributed by atoms with Crippen LogP contribution in [0.3, 0.4) is 0 Å². The monoisotopic (exact) mass is 492 g/mol. The molecule has 0 saturated carbocycles. The number of carbonyl (C=O) groups excluding carboxylic acids is 3. The van der Waals surface area contributed by atoms with Crippen molar-refractivity contribution >= 4 is 42.3 Å². The first-order valence-corrected chi connectivity index (χ1v) is 11.1. The maximum Gasteiger partial charge on any atom is 0.326 e. The summed E-state index contributed by atoms with van der Waals surface area (Å²) < 4.78 is 0. The Morgan fingerprint density at radius 2 is 1.45 bits per heavy atom. The number of hydrogen-bond acceptors (Lipinski definition) is 9. The molecule has 13 N–H and O–H groups in total. The van der Waals surface area contributed by atoms with Gasteiger partial charge < -0.3 is 49.1 Å². The number of nitrogens with one attached hydrogen (secondary N) is 3. The summed E-state index contributed by atoms with van der Waals surface area (Å²) in [6.45, 7) is -0.0879. The van der Waals surface area contributed by atoms with E-state index in [0.717, 1.165) is 0 Å². The van der Waals surface area contributed by atoms with Gasteiger partial charge in [0.15, 0.2) is 5.96 Å². The van der Waals surface area contributed by atoms with Crippen molar-refractivity contribution in [1.82, 2.24) is 16.0 Å². The molecular weight excluding hydrogens is 456 g/mol. The molecule has 15 heteroatoms. The second kappa shape index (κ2) is 16.9. The molecule has 0 saturated heterocycles. The number of aliphatic hydroxyl groups is 1. The zero-order valence-electron chi connectivity index (χ0n) is 18.4. The summed E-state index contributed by atoms with van der Waals surface area (Å²) >= 11 is 4.01. The second-order valence-corrected chi connectivity index (χ2v) is 7.59. The average Bonchev–Trinajstić information content (AvgIpc) is 2.76. The number of guanidine groups is 1. The Morgan fingerprint density at radius 1 is 0.879 bits per heavy atom. The summed E-state index contributed by atoms with van der Waals surface area (Å²) in [7, 11) is 0. The lowest BCUT2D eigenvalue weighted by atomic mass is 10.1. The molecule has 0 aromatic carbocycles. The van der Waals surface area contributed by atoms with E-state index in [2.05, 4.69) is 33.6 Å². The number of carboxylic acids is 1. The molecule has 3 amide bonds. The van der Waals surface area contributed by atoms with E-state index in [1.165, 1.54) is 0 Å². The van der Waals surface area contributed by atoms with Crippen LogP contribution in [0, 0.1) is 0 Å². The second-order valence-electron chi connectivity index (χ2n) is 7.23. The maximum atomic E-state index is 12.5. The van der Waals surface area contributed by atoms with Crippen LogP contribution in [-0.2, 0) is 19.2 Å². The molecule has 0 aliphatic rings. The largest absolute Gasteiger partial charge is 0.480 e. The number of aliphatic hydroxyl groups excluding tert-OH is 1. The fourth-order valence-corrected chi connectivity index (χ4v) is 2.87. The van der Waals surface area contributed by atoms with E-state index in [0.29, 0.717) is 25.8 Å². The molecular formula is C18H36N8O6S. The van der Waals surface area contributed by atoms with Crippen molar-refractivity contribution in [1.29, 1.82) is 0 Å². The molecule has 33 heavy (non-hydrogen) atoms. The number of thiol groups is 1. The van der Waals surface area contributed by atoms with Gasteiger partial charge in [0.2, 0.25) is 17.7 Å². The number of amides is 3. The highest BCUT2D eigenvalue weighted by Crippen LogP contribution is 2.03. The Labute approximate surface area is 197 Å². The van der Waals surface area contributed by atoms with Crippen LogP contribution in [0.1, 0.15) is 32.1 Å². The van der Waals surface area contributed by atoms with Crippen LogP contribution in [0.25, 0.3) is 0 Å². The minimum atomic E-state index is -1.38. The van der Waals surface area contributed by atoms with Gasteiger partial charge in [-0.25, -0.2) is 4.79 Å². The summed E-state index contributed by atoms with van der Waals surface area (Å²) in [5.74, 6) is -3.77. The molecule has 4 unspecified atom stereocenters. The first-order chi connectivity index (χ1) is 15.6. The molecule has 190 valence electrons. The lowest BCUT2D eigenvalue weighted by Gasteiger charge is -2.23. The highest BCUT2D eigenvalue weighted by Gasteiger charge is 2.29. The minimum Gasteiger partial charge on any atom is -0.480 e. The normalized spacial score (nSPS) is 14.3. The number of carboxylic acid groups (broad SMARTS) is 1. The van der Waals surface area contributed by atoms with Crippen molar-refractivity contribution in [3.05, 3.63) is 0 Å². The Morgan fingerprint density at radius 3 is 1.97 bits per heavy atom. The summed E-state index contributed by atoms with van der Waals surface area (Å²) in [5.41, 5.74) is 21.6. The molecule has 0 aliphatic carbocycles. The quantitative estimate of drug-likeness (QED) is 0.0406. The number of unbranched alkanes of at least 4 members (excludes halogenated alkanes) is 1. The Kier molecular flexibility index (Phi) is 15.6. The predicted molar refractivity (Wildman–Crippen MR) is 125 cm³/mol. The van der Waals surface area contributed by atoms with Gasteiger partial charge in [0.1, 0.15) is 18.1 Å². The number of aliphatic carboxylic acids is 1. The van der Waals surface area contributed by atoms with Crippen LogP contribution >= 0.6 is 12.6 Å². The highest BCUT2D eigenvalue weighted by atomic mass is 32.1. The third-order valence-corrected chi connectivity index (χ3v) is 4.86. The molecule has 0 heterocycles. The third kappa shape index (κ3) is 12.9. The molecule has 0 spiro atoms. The predicted octanol–water partition coefficient (Wildman–Crippen LogP) is -4.04. The smallest absolute Gasteiger partial charge is 0.326 e. The fraction of sp³-hybridized carbons (Fsp3) is 0.722. The lowest BCUT2D eigenvalue weighted by Crippen LogP contribution is -2.58. The van der Waals surface area contributed by atoms with Crippen molar-refractivity contribution in [3.8, 4) is 0 Å². The first-order valence-electron chi connectivity index (χ1n) is 10.4. The van der Waals surface area contributed by atoms with E-state index in [9.17, 15) is 29.4 Å². The number of hydrogen-bond donors (Lipinski definition) is 10. The van der Waals surface area contributed by atoms with Gasteiger partial charge in [0, 0.05) is 12.3 Å². The Hall–Kier alpha value is -2.62. The maximum absolute atomic E-state index is 12.5. The first kappa shape index (κ1) is 30.4. The molecule has 0 aliphatic heterocycles. The number of nitrogens with two attached hydrogens (primary N) is 4. The highest BCUT2D eigenvalue weighted by molar-refractivity contribution is 7.80. The van der Waals surface area contributed by atoms with E-state index in [1.807, 2.05) is 0 Å². The minimum absolute atomic E-state index is 0.0851. The Bertz CT molecular complexity index is 676. The van der Waals surface area contributed by atoms with Crippen LogP contribution in [0.5, 0.6) is 0 Å². The zero-order valence-corrected chi connectivity index (χ0v) is 19.3. The molecule has 0 aromatic heterocycles. The molecule has 0 aromatic rings. The van der Waals surface area contributed by atoms with E-state index in [4.69, 9.17) is 22.9 Å². The zero-order chi connectivity index (χ0) is 25.4. The van der Waals surface area contributed by atoms with Gasteiger partial charge in [0.25, 0.3) is 0 Å². The number of aliphatic imine (C=N–C) groups is 1. The van der Waals surface area contributed by atoms with E-state index >= 15 is 0 Å². The fourth-order valence-electron chi connectivity index (χ4n) is 2.61. The van der Waals surface area contributed by atoms with Crippen molar-refractivity contribution in [3.63, 3.8) is 0 Å². The molecule has 4 atom stereocenters. The van der Waals surface area contributed by atoms with E-state index in [-0.39, 0.29) is 31.1 Å². The average molecular weight is 493 g/mol. The topological polar surface area (TPSA) is 261 Å². The molecule has 0 bridgehead atoms. The van der Waals surface area contributed by atoms with Gasteiger partial charge in [0.05, 0.1) is 12.6 Å². The molecule has 14 nitrogen and oxygen atoms in total. The van der Waals surface area contributed by atoms with Crippen molar-refractivity contribution in [2.24, 2.45) is 27.9 Å². The SMILES string of the molecule is NCCCCC(NC(=O)C(CS)NC(=O)C(CO)NC(=O)C(N)CCCN=C(N)N)C(=O)O. The van der Waals surface area contributed by atoms with Crippen molar-refractivity contribution < 1.29 is 29.4 Å². The van der Waals surface area contributed by atoms with Crippen LogP contribution in [0.15, 0.2) is 4.99 Å². The third-order valence-electron chi connectivity index (χ3n) is 4.50. The van der Waals surface area contributed by atoms with E-state index in [1.54, 1.807) is 0 Å². The van der Waals surface area contributed by atoms with Gasteiger partial charge in [-0.15, -0.1) is 0 Å². The van der Waals surface area contributed by atoms with Gasteiger partial charge in [-0.3, -0.25) is 19.4 Å². The summed E-state index contributed by atoms with van der Waals surface area (Å²) in [5, 5.41) is 25.8. The van der Waals surface area contributed by atoms with E-state index < -0.39 is 54.5 Å². The van der Waals surface area contributed by atoms with Gasteiger partial charge in [-0.1, -0.05) is 0 Å². The standard InChI is InChI=1S/C18H36N8O6S/c19-6-2-1-5-11(17(31)32)24-16(30)13(9-33)26-15(29)12(8-27)25-14(28)10(20)4-3-7-23-18(21)22/h10-13,27,33H,1-9,19-20H2,(H,24,30)(H,25,28)(H,26,29)(H,31,32)(H4,21,22,23). The number of rotatable bonds is 17. The molecule has 0 fully saturated rings. The molecule has 0 rings (SSSR count). The van der Waals surface area contributed by atoms with Crippen LogP contribution < -0.4 is 38.9 Å². The van der Waals surface area contributed by atoms with Crippen molar-refractivity contribution in [2.45, 2.75) is 56.3 Å². The van der Waals surface area contributed by atoms with Gasteiger partial charge in [-0.2, -0.15) is 12.6 Å². The summed E-state index contributed by atoms with van der Waals surface area (Å²) in [6.07, 6.45) is 1.91. The Balaban J connectivity index is 4.85. The number of nitrogens with zero attached hydrogens (tertiary/aromatic N) is 1. The van der Waals surface area contributed by atoms with Crippen LogP contribution in [-0.4, -0.2) is 89.5 Å².